The van der Waals surface area contributed by atoms with Crippen LogP contribution >= 0.6 is 23.2 Å². The molecule has 0 aliphatic carbocycles. The molecule has 100 valence electrons. The first kappa shape index (κ1) is 13.8. The lowest BCUT2D eigenvalue weighted by Crippen LogP contribution is -2.26. The van der Waals surface area contributed by atoms with Gasteiger partial charge in [0, 0.05) is 18.7 Å². The molecule has 0 bridgehead atoms. The number of hydrogen-bond donors (Lipinski definition) is 0. The van der Waals surface area contributed by atoms with Crippen molar-refractivity contribution < 1.29 is 14.2 Å². The second-order valence-electron chi connectivity index (χ2n) is 4.17. The highest BCUT2D eigenvalue weighted by Gasteiger charge is 2.19. The summed E-state index contributed by atoms with van der Waals surface area (Å²) >= 11 is 12.0. The van der Waals surface area contributed by atoms with Crippen molar-refractivity contribution in [3.63, 3.8) is 0 Å². The van der Waals surface area contributed by atoms with Crippen LogP contribution in [0.3, 0.4) is 0 Å². The zero-order valence-corrected chi connectivity index (χ0v) is 11.8. The van der Waals surface area contributed by atoms with E-state index in [1.807, 2.05) is 12.1 Å². The van der Waals surface area contributed by atoms with Gasteiger partial charge in [-0.2, -0.15) is 0 Å². The standard InChI is InChI=1S/C13H16Cl2O3/c1-16-12-7-9(8-14)6-11(15)13(12)18-10-2-4-17-5-3-10/h6-7,10H,2-5,8H2,1H3. The van der Waals surface area contributed by atoms with Gasteiger partial charge in [-0.15, -0.1) is 11.6 Å². The summed E-state index contributed by atoms with van der Waals surface area (Å²) in [4.78, 5) is 0. The Kier molecular flexibility index (Phi) is 4.98. The van der Waals surface area contributed by atoms with Crippen LogP contribution in [0.5, 0.6) is 11.5 Å². The van der Waals surface area contributed by atoms with Crippen molar-refractivity contribution in [3.05, 3.63) is 22.7 Å². The van der Waals surface area contributed by atoms with Gasteiger partial charge in [-0.3, -0.25) is 0 Å². The molecule has 0 unspecified atom stereocenters. The third-order valence-corrected chi connectivity index (χ3v) is 3.49. The summed E-state index contributed by atoms with van der Waals surface area (Å²) in [5.74, 6) is 1.62. The van der Waals surface area contributed by atoms with Crippen molar-refractivity contribution in [1.82, 2.24) is 0 Å². The topological polar surface area (TPSA) is 27.7 Å². The maximum Gasteiger partial charge on any atom is 0.180 e. The highest BCUT2D eigenvalue weighted by molar-refractivity contribution is 6.32. The fourth-order valence-corrected chi connectivity index (χ4v) is 2.36. The van der Waals surface area contributed by atoms with E-state index in [4.69, 9.17) is 37.4 Å². The van der Waals surface area contributed by atoms with Gasteiger partial charge in [-0.1, -0.05) is 11.6 Å². The van der Waals surface area contributed by atoms with Gasteiger partial charge in [0.15, 0.2) is 11.5 Å². The van der Waals surface area contributed by atoms with Crippen molar-refractivity contribution in [2.75, 3.05) is 20.3 Å². The van der Waals surface area contributed by atoms with Gasteiger partial charge in [0.2, 0.25) is 0 Å². The predicted octanol–water partition coefficient (Wildman–Crippen LogP) is 3.65. The van der Waals surface area contributed by atoms with Gasteiger partial charge in [0.1, 0.15) is 6.10 Å². The summed E-state index contributed by atoms with van der Waals surface area (Å²) in [6.45, 7) is 1.45. The fourth-order valence-electron chi connectivity index (χ4n) is 1.93. The van der Waals surface area contributed by atoms with Gasteiger partial charge in [0.25, 0.3) is 0 Å². The summed E-state index contributed by atoms with van der Waals surface area (Å²) < 4.78 is 16.5. The number of rotatable bonds is 4. The number of hydrogen-bond acceptors (Lipinski definition) is 3. The number of methoxy groups -OCH3 is 1. The second kappa shape index (κ2) is 6.50. The summed E-state index contributed by atoms with van der Waals surface area (Å²) in [5.41, 5.74) is 0.915. The Morgan fingerprint density at radius 1 is 1.33 bits per heavy atom. The van der Waals surface area contributed by atoms with Crippen molar-refractivity contribution in [2.24, 2.45) is 0 Å². The summed E-state index contributed by atoms with van der Waals surface area (Å²) in [6, 6.07) is 3.67. The molecule has 2 rings (SSSR count). The average Bonchev–Trinajstić information content (AvgIpc) is 2.42. The summed E-state index contributed by atoms with van der Waals surface area (Å²) in [6.07, 6.45) is 1.88. The van der Waals surface area contributed by atoms with Crippen LogP contribution in [0.2, 0.25) is 5.02 Å². The van der Waals surface area contributed by atoms with Crippen LogP contribution in [0.25, 0.3) is 0 Å². The molecule has 1 fully saturated rings. The van der Waals surface area contributed by atoms with E-state index in [2.05, 4.69) is 0 Å². The number of halogens is 2. The Morgan fingerprint density at radius 3 is 2.67 bits per heavy atom. The largest absolute Gasteiger partial charge is 0.493 e. The highest BCUT2D eigenvalue weighted by atomic mass is 35.5. The molecule has 1 aromatic carbocycles. The molecule has 1 saturated heterocycles. The molecule has 3 nitrogen and oxygen atoms in total. The predicted molar refractivity (Wildman–Crippen MR) is 72.0 cm³/mol. The minimum absolute atomic E-state index is 0.131. The average molecular weight is 291 g/mol. The third kappa shape index (κ3) is 3.22. The molecule has 1 aliphatic heterocycles. The molecule has 1 aromatic rings. The lowest BCUT2D eigenvalue weighted by molar-refractivity contribution is 0.0246. The fraction of sp³-hybridized carbons (Fsp3) is 0.538. The molecular formula is C13H16Cl2O3. The number of benzene rings is 1. The van der Waals surface area contributed by atoms with Crippen LogP contribution in [-0.4, -0.2) is 26.4 Å². The molecular weight excluding hydrogens is 275 g/mol. The maximum absolute atomic E-state index is 6.22. The molecule has 0 atom stereocenters. The minimum Gasteiger partial charge on any atom is -0.493 e. The molecule has 0 amide bonds. The second-order valence-corrected chi connectivity index (χ2v) is 4.85. The quantitative estimate of drug-likeness (QED) is 0.793. The van der Waals surface area contributed by atoms with Gasteiger partial charge in [0.05, 0.1) is 25.3 Å². The normalized spacial score (nSPS) is 16.6. The highest BCUT2D eigenvalue weighted by Crippen LogP contribution is 2.38. The van der Waals surface area contributed by atoms with E-state index in [9.17, 15) is 0 Å². The first-order valence-corrected chi connectivity index (χ1v) is 6.82. The van der Waals surface area contributed by atoms with E-state index in [0.29, 0.717) is 22.4 Å². The Hall–Kier alpha value is -0.640. The Bertz CT molecular complexity index is 403. The zero-order valence-electron chi connectivity index (χ0n) is 10.2. The van der Waals surface area contributed by atoms with Crippen LogP contribution in [0.15, 0.2) is 12.1 Å². The molecule has 1 heterocycles. The van der Waals surface area contributed by atoms with Crippen LogP contribution in [0.4, 0.5) is 0 Å². The summed E-state index contributed by atoms with van der Waals surface area (Å²) in [7, 11) is 1.60. The molecule has 5 heteroatoms. The van der Waals surface area contributed by atoms with Crippen LogP contribution in [-0.2, 0) is 10.6 Å². The SMILES string of the molecule is COc1cc(CCl)cc(Cl)c1OC1CCOCC1. The molecule has 1 aliphatic rings. The van der Waals surface area contributed by atoms with Crippen LogP contribution in [0.1, 0.15) is 18.4 Å². The molecule has 0 radical (unpaired) electrons. The molecule has 18 heavy (non-hydrogen) atoms. The maximum atomic E-state index is 6.22. The van der Waals surface area contributed by atoms with E-state index in [1.165, 1.54) is 0 Å². The molecule has 0 spiro atoms. The van der Waals surface area contributed by atoms with Gasteiger partial charge in [-0.25, -0.2) is 0 Å². The number of alkyl halides is 1. The van der Waals surface area contributed by atoms with E-state index < -0.39 is 0 Å². The third-order valence-electron chi connectivity index (χ3n) is 2.90. The van der Waals surface area contributed by atoms with Crippen molar-refractivity contribution >= 4 is 23.2 Å². The smallest absolute Gasteiger partial charge is 0.180 e. The van der Waals surface area contributed by atoms with Crippen LogP contribution < -0.4 is 9.47 Å². The first-order valence-electron chi connectivity index (χ1n) is 5.91. The first-order chi connectivity index (χ1) is 8.74. The monoisotopic (exact) mass is 290 g/mol. The zero-order chi connectivity index (χ0) is 13.0. The molecule has 0 saturated carbocycles. The van der Waals surface area contributed by atoms with Crippen molar-refractivity contribution in [2.45, 2.75) is 24.8 Å². The summed E-state index contributed by atoms with van der Waals surface area (Å²) in [5, 5.41) is 0.538. The molecule has 0 aromatic heterocycles. The Morgan fingerprint density at radius 2 is 2.06 bits per heavy atom. The van der Waals surface area contributed by atoms with E-state index in [1.54, 1.807) is 7.11 Å². The van der Waals surface area contributed by atoms with E-state index in [0.717, 1.165) is 31.6 Å². The van der Waals surface area contributed by atoms with Gasteiger partial charge in [-0.05, 0) is 17.7 Å². The van der Waals surface area contributed by atoms with E-state index >= 15 is 0 Å². The van der Waals surface area contributed by atoms with E-state index in [-0.39, 0.29) is 6.10 Å². The lowest BCUT2D eigenvalue weighted by atomic mass is 10.1. The number of ether oxygens (including phenoxy) is 3. The van der Waals surface area contributed by atoms with Gasteiger partial charge < -0.3 is 14.2 Å². The van der Waals surface area contributed by atoms with Crippen molar-refractivity contribution in [1.29, 1.82) is 0 Å². The van der Waals surface area contributed by atoms with Gasteiger partial charge >= 0.3 is 0 Å². The van der Waals surface area contributed by atoms with Crippen LogP contribution in [0, 0.1) is 0 Å². The van der Waals surface area contributed by atoms with Crippen molar-refractivity contribution in [3.8, 4) is 11.5 Å². The lowest BCUT2D eigenvalue weighted by Gasteiger charge is -2.25. The minimum atomic E-state index is 0.131. The Balaban J connectivity index is 2.19. The Labute approximate surface area is 117 Å². The molecule has 0 N–H and O–H groups in total.